The Morgan fingerprint density at radius 2 is 1.50 bits per heavy atom. The summed E-state index contributed by atoms with van der Waals surface area (Å²) in [5.74, 6) is -0.556. The molecule has 30 heavy (non-hydrogen) atoms. The number of carbonyl (C=O) groups is 3. The monoisotopic (exact) mass is 422 g/mol. The summed E-state index contributed by atoms with van der Waals surface area (Å²) in [6, 6.07) is 8.45. The van der Waals surface area contributed by atoms with E-state index in [1.807, 2.05) is 30.3 Å². The number of nitrogens with one attached hydrogen (secondary N) is 2. The highest BCUT2D eigenvalue weighted by Crippen LogP contribution is 2.12. The molecule has 0 saturated carbocycles. The first-order valence-electron chi connectivity index (χ1n) is 10.0. The van der Waals surface area contributed by atoms with Gasteiger partial charge in [-0.1, -0.05) is 30.3 Å². The van der Waals surface area contributed by atoms with Crippen LogP contribution in [-0.4, -0.2) is 41.9 Å². The average molecular weight is 423 g/mol. The molecule has 2 amide bonds. The number of ether oxygens (including phenoxy) is 3. The largest absolute Gasteiger partial charge is 0.458 e. The summed E-state index contributed by atoms with van der Waals surface area (Å²) in [6.45, 7) is 10.9. The van der Waals surface area contributed by atoms with Crippen molar-refractivity contribution < 1.29 is 28.6 Å². The predicted octanol–water partition coefficient (Wildman–Crippen LogP) is 3.93. The second-order valence-electron chi connectivity index (χ2n) is 8.86. The van der Waals surface area contributed by atoms with Gasteiger partial charge in [0.25, 0.3) is 0 Å². The number of rotatable bonds is 8. The van der Waals surface area contributed by atoms with Gasteiger partial charge in [0, 0.05) is 6.54 Å². The molecule has 0 aliphatic rings. The first kappa shape index (κ1) is 25.3. The van der Waals surface area contributed by atoms with Crippen LogP contribution in [0, 0.1) is 0 Å². The van der Waals surface area contributed by atoms with E-state index in [1.165, 1.54) is 0 Å². The maximum atomic E-state index is 12.4. The minimum atomic E-state index is -0.888. The molecule has 0 aliphatic heterocycles. The Hall–Kier alpha value is -2.77. The molecular weight excluding hydrogens is 388 g/mol. The highest BCUT2D eigenvalue weighted by molar-refractivity contribution is 5.81. The Morgan fingerprint density at radius 1 is 0.900 bits per heavy atom. The van der Waals surface area contributed by atoms with Crippen LogP contribution in [0.25, 0.3) is 0 Å². The molecule has 1 rings (SSSR count). The summed E-state index contributed by atoms with van der Waals surface area (Å²) in [4.78, 5) is 36.3. The molecule has 8 heteroatoms. The van der Waals surface area contributed by atoms with E-state index in [1.54, 1.807) is 41.5 Å². The average Bonchev–Trinajstić information content (AvgIpc) is 2.60. The number of alkyl carbamates (subject to hydrolysis) is 2. The lowest BCUT2D eigenvalue weighted by Crippen LogP contribution is -2.46. The lowest BCUT2D eigenvalue weighted by Gasteiger charge is -2.26. The molecule has 0 aromatic heterocycles. The van der Waals surface area contributed by atoms with Crippen LogP contribution in [0.2, 0.25) is 0 Å². The predicted molar refractivity (Wildman–Crippen MR) is 113 cm³/mol. The van der Waals surface area contributed by atoms with E-state index in [0.717, 1.165) is 5.56 Å². The van der Waals surface area contributed by atoms with Crippen molar-refractivity contribution >= 4 is 18.2 Å². The van der Waals surface area contributed by atoms with Gasteiger partial charge in [-0.25, -0.2) is 14.4 Å². The number of benzene rings is 1. The fourth-order valence-electron chi connectivity index (χ4n) is 2.34. The van der Waals surface area contributed by atoms with Gasteiger partial charge in [0.05, 0.1) is 0 Å². The van der Waals surface area contributed by atoms with Crippen LogP contribution in [0.15, 0.2) is 30.3 Å². The van der Waals surface area contributed by atoms with Crippen molar-refractivity contribution in [2.24, 2.45) is 0 Å². The van der Waals surface area contributed by atoms with Gasteiger partial charge in [0.2, 0.25) is 0 Å². The second kappa shape index (κ2) is 11.4. The SMILES string of the molecule is CC(C)(C)OC(=O)N[C@@H](CCCNC(=O)OCc1ccccc1)C(=O)OC(C)(C)C. The fourth-order valence-corrected chi connectivity index (χ4v) is 2.34. The van der Waals surface area contributed by atoms with Crippen LogP contribution in [0.1, 0.15) is 59.9 Å². The lowest BCUT2D eigenvalue weighted by molar-refractivity contribution is -0.157. The van der Waals surface area contributed by atoms with Crippen LogP contribution >= 0.6 is 0 Å². The van der Waals surface area contributed by atoms with Crippen molar-refractivity contribution in [3.63, 3.8) is 0 Å². The zero-order valence-corrected chi connectivity index (χ0v) is 18.7. The van der Waals surface area contributed by atoms with Crippen LogP contribution in [0.4, 0.5) is 9.59 Å². The van der Waals surface area contributed by atoms with E-state index >= 15 is 0 Å². The number of hydrogen-bond acceptors (Lipinski definition) is 6. The smallest absolute Gasteiger partial charge is 0.408 e. The van der Waals surface area contributed by atoms with E-state index in [-0.39, 0.29) is 19.6 Å². The first-order chi connectivity index (χ1) is 13.9. The molecule has 168 valence electrons. The van der Waals surface area contributed by atoms with E-state index < -0.39 is 35.4 Å². The van der Waals surface area contributed by atoms with Gasteiger partial charge in [-0.05, 0) is 59.9 Å². The number of amides is 2. The lowest BCUT2D eigenvalue weighted by atomic mass is 10.1. The first-order valence-corrected chi connectivity index (χ1v) is 10.0. The van der Waals surface area contributed by atoms with Crippen molar-refractivity contribution in [3.05, 3.63) is 35.9 Å². The van der Waals surface area contributed by atoms with Gasteiger partial charge in [0.15, 0.2) is 0 Å². The Balaban J connectivity index is 2.48. The summed E-state index contributed by atoms with van der Waals surface area (Å²) in [7, 11) is 0. The minimum absolute atomic E-state index is 0.174. The van der Waals surface area contributed by atoms with Gasteiger partial charge in [0.1, 0.15) is 23.9 Å². The highest BCUT2D eigenvalue weighted by atomic mass is 16.6. The topological polar surface area (TPSA) is 103 Å². The second-order valence-corrected chi connectivity index (χ2v) is 8.86. The van der Waals surface area contributed by atoms with E-state index in [2.05, 4.69) is 10.6 Å². The molecule has 1 atom stereocenters. The molecule has 1 aromatic carbocycles. The van der Waals surface area contributed by atoms with Gasteiger partial charge >= 0.3 is 18.2 Å². The summed E-state index contributed by atoms with van der Waals surface area (Å²) in [6.07, 6.45) is -0.547. The zero-order chi connectivity index (χ0) is 22.8. The standard InChI is InChI=1S/C22H34N2O6/c1-21(2,3)29-18(25)17(24-20(27)30-22(4,5)6)13-10-14-23-19(26)28-15-16-11-8-7-9-12-16/h7-9,11-12,17H,10,13-15H2,1-6H3,(H,23,26)(H,24,27)/t17-/m0/s1. The summed E-state index contributed by atoms with van der Waals surface area (Å²) >= 11 is 0. The number of hydrogen-bond donors (Lipinski definition) is 2. The van der Waals surface area contributed by atoms with Crippen LogP contribution in [0.3, 0.4) is 0 Å². The summed E-state index contributed by atoms with van der Waals surface area (Å²) in [5.41, 5.74) is -0.490. The van der Waals surface area contributed by atoms with Crippen molar-refractivity contribution in [2.75, 3.05) is 6.54 Å². The Kier molecular flexibility index (Phi) is 9.62. The van der Waals surface area contributed by atoms with Crippen molar-refractivity contribution in [3.8, 4) is 0 Å². The van der Waals surface area contributed by atoms with E-state index in [9.17, 15) is 14.4 Å². The molecule has 0 radical (unpaired) electrons. The zero-order valence-electron chi connectivity index (χ0n) is 18.7. The molecule has 0 saturated heterocycles. The molecule has 1 aromatic rings. The Bertz CT molecular complexity index is 692. The van der Waals surface area contributed by atoms with Crippen molar-refractivity contribution in [1.82, 2.24) is 10.6 Å². The third-order valence-electron chi connectivity index (χ3n) is 3.53. The Morgan fingerprint density at radius 3 is 2.07 bits per heavy atom. The quantitative estimate of drug-likeness (QED) is 0.374. The molecule has 0 bridgehead atoms. The van der Waals surface area contributed by atoms with Crippen LogP contribution < -0.4 is 10.6 Å². The van der Waals surface area contributed by atoms with Gasteiger partial charge in [-0.15, -0.1) is 0 Å². The van der Waals surface area contributed by atoms with Crippen molar-refractivity contribution in [1.29, 1.82) is 0 Å². The van der Waals surface area contributed by atoms with Gasteiger partial charge in [-0.3, -0.25) is 0 Å². The minimum Gasteiger partial charge on any atom is -0.458 e. The van der Waals surface area contributed by atoms with Crippen LogP contribution in [-0.2, 0) is 25.6 Å². The molecular formula is C22H34N2O6. The summed E-state index contributed by atoms with van der Waals surface area (Å²) in [5, 5.41) is 5.18. The third-order valence-corrected chi connectivity index (χ3v) is 3.53. The number of esters is 1. The normalized spacial score (nSPS) is 12.5. The molecule has 8 nitrogen and oxygen atoms in total. The van der Waals surface area contributed by atoms with Gasteiger partial charge < -0.3 is 24.8 Å². The fraction of sp³-hybridized carbons (Fsp3) is 0.591. The van der Waals surface area contributed by atoms with E-state index in [4.69, 9.17) is 14.2 Å². The maximum absolute atomic E-state index is 12.4. The molecule has 0 unspecified atom stereocenters. The van der Waals surface area contributed by atoms with E-state index in [0.29, 0.717) is 6.42 Å². The molecule has 0 heterocycles. The third kappa shape index (κ3) is 11.9. The molecule has 0 fully saturated rings. The van der Waals surface area contributed by atoms with Gasteiger partial charge in [-0.2, -0.15) is 0 Å². The highest BCUT2D eigenvalue weighted by Gasteiger charge is 2.28. The molecule has 0 aliphatic carbocycles. The molecule has 2 N–H and O–H groups in total. The Labute approximate surface area is 178 Å². The van der Waals surface area contributed by atoms with Crippen LogP contribution in [0.5, 0.6) is 0 Å². The summed E-state index contributed by atoms with van der Waals surface area (Å²) < 4.78 is 15.7. The maximum Gasteiger partial charge on any atom is 0.408 e. The molecule has 0 spiro atoms. The number of carbonyl (C=O) groups excluding carboxylic acids is 3. The van der Waals surface area contributed by atoms with Crippen molar-refractivity contribution in [2.45, 2.75) is 78.2 Å².